The number of oxazole rings is 1. The number of amides is 1. The van der Waals surface area contributed by atoms with Gasteiger partial charge in [-0.2, -0.15) is 0 Å². The van der Waals surface area contributed by atoms with E-state index in [1.165, 1.54) is 12.1 Å². The maximum absolute atomic E-state index is 13.6. The first-order valence-electron chi connectivity index (χ1n) is 9.82. The second-order valence-electron chi connectivity index (χ2n) is 7.38. The van der Waals surface area contributed by atoms with Crippen LogP contribution in [0.4, 0.5) is 4.39 Å². The molecule has 30 heavy (non-hydrogen) atoms. The van der Waals surface area contributed by atoms with Crippen LogP contribution in [0.5, 0.6) is 0 Å². The lowest BCUT2D eigenvalue weighted by molar-refractivity contribution is 0.0717. The number of aromatic nitrogens is 1. The SMILES string of the molecule is O=C(c1ccccc1Cl)N1CCC[C@@H]1c1nc2cc(-c3cccc(F)c3)ccc2o1. The summed E-state index contributed by atoms with van der Waals surface area (Å²) >= 11 is 6.23. The number of rotatable bonds is 3. The molecule has 150 valence electrons. The van der Waals surface area contributed by atoms with Gasteiger partial charge in [-0.05, 0) is 60.4 Å². The Kier molecular flexibility index (Phi) is 4.75. The van der Waals surface area contributed by atoms with E-state index in [-0.39, 0.29) is 17.8 Å². The van der Waals surface area contributed by atoms with Gasteiger partial charge in [-0.1, -0.05) is 41.9 Å². The minimum Gasteiger partial charge on any atom is -0.438 e. The van der Waals surface area contributed by atoms with E-state index in [1.807, 2.05) is 24.3 Å². The van der Waals surface area contributed by atoms with E-state index in [0.29, 0.717) is 34.1 Å². The second kappa shape index (κ2) is 7.58. The summed E-state index contributed by atoms with van der Waals surface area (Å²) < 4.78 is 19.6. The zero-order valence-corrected chi connectivity index (χ0v) is 16.8. The lowest BCUT2D eigenvalue weighted by Gasteiger charge is -2.22. The summed E-state index contributed by atoms with van der Waals surface area (Å²) in [6, 6.07) is 18.9. The number of carbonyl (C=O) groups excluding carboxylic acids is 1. The van der Waals surface area contributed by atoms with E-state index in [1.54, 1.807) is 35.2 Å². The zero-order chi connectivity index (χ0) is 20.7. The van der Waals surface area contributed by atoms with Gasteiger partial charge in [0.05, 0.1) is 10.6 Å². The Bertz CT molecular complexity index is 1250. The third kappa shape index (κ3) is 3.35. The molecule has 0 saturated carbocycles. The van der Waals surface area contributed by atoms with Crippen LogP contribution in [0.2, 0.25) is 5.02 Å². The number of fused-ring (bicyclic) bond motifs is 1. The van der Waals surface area contributed by atoms with Gasteiger partial charge in [-0.3, -0.25) is 4.79 Å². The Morgan fingerprint density at radius 2 is 1.90 bits per heavy atom. The maximum atomic E-state index is 13.6. The lowest BCUT2D eigenvalue weighted by Crippen LogP contribution is -2.30. The van der Waals surface area contributed by atoms with Crippen LogP contribution in [-0.4, -0.2) is 22.3 Å². The zero-order valence-electron chi connectivity index (χ0n) is 16.0. The molecule has 1 aliphatic rings. The summed E-state index contributed by atoms with van der Waals surface area (Å²) in [6.45, 7) is 0.627. The topological polar surface area (TPSA) is 46.3 Å². The molecule has 4 aromatic rings. The van der Waals surface area contributed by atoms with Gasteiger partial charge >= 0.3 is 0 Å². The summed E-state index contributed by atoms with van der Waals surface area (Å²) in [7, 11) is 0. The predicted molar refractivity (Wildman–Crippen MR) is 114 cm³/mol. The van der Waals surface area contributed by atoms with Gasteiger partial charge in [0, 0.05) is 6.54 Å². The number of hydrogen-bond donors (Lipinski definition) is 0. The number of hydrogen-bond acceptors (Lipinski definition) is 3. The summed E-state index contributed by atoms with van der Waals surface area (Å²) in [5, 5.41) is 0.436. The number of benzene rings is 3. The summed E-state index contributed by atoms with van der Waals surface area (Å²) in [5.74, 6) is 0.109. The molecule has 0 radical (unpaired) electrons. The molecule has 0 bridgehead atoms. The summed E-state index contributed by atoms with van der Waals surface area (Å²) in [4.78, 5) is 19.5. The highest BCUT2D eigenvalue weighted by molar-refractivity contribution is 6.33. The van der Waals surface area contributed by atoms with Crippen molar-refractivity contribution in [1.82, 2.24) is 9.88 Å². The highest BCUT2D eigenvalue weighted by Gasteiger charge is 2.34. The average Bonchev–Trinajstić information content (AvgIpc) is 3.40. The molecule has 1 saturated heterocycles. The number of carbonyl (C=O) groups is 1. The number of nitrogens with zero attached hydrogens (tertiary/aromatic N) is 2. The fourth-order valence-electron chi connectivity index (χ4n) is 3.99. The van der Waals surface area contributed by atoms with Crippen LogP contribution >= 0.6 is 11.6 Å². The van der Waals surface area contributed by atoms with Gasteiger partial charge in [-0.15, -0.1) is 0 Å². The molecule has 1 aromatic heterocycles. The van der Waals surface area contributed by atoms with E-state index in [4.69, 9.17) is 16.0 Å². The van der Waals surface area contributed by atoms with Crippen LogP contribution in [-0.2, 0) is 0 Å². The predicted octanol–water partition coefficient (Wildman–Crippen LogP) is 6.26. The van der Waals surface area contributed by atoms with Crippen molar-refractivity contribution >= 4 is 28.6 Å². The van der Waals surface area contributed by atoms with E-state index in [2.05, 4.69) is 4.98 Å². The van der Waals surface area contributed by atoms with E-state index in [9.17, 15) is 9.18 Å². The smallest absolute Gasteiger partial charge is 0.256 e. The number of likely N-dealkylation sites (tertiary alicyclic amines) is 1. The first-order valence-corrected chi connectivity index (χ1v) is 10.2. The van der Waals surface area contributed by atoms with Crippen LogP contribution in [0, 0.1) is 5.82 Å². The Hall–Kier alpha value is -3.18. The molecule has 0 unspecified atom stereocenters. The lowest BCUT2D eigenvalue weighted by atomic mass is 10.1. The third-order valence-corrected chi connectivity index (χ3v) is 5.79. The van der Waals surface area contributed by atoms with Gasteiger partial charge in [0.2, 0.25) is 5.89 Å². The molecule has 1 aliphatic heterocycles. The average molecular weight is 421 g/mol. The standard InChI is InChI=1S/C24H18ClFN2O2/c25-19-8-2-1-7-18(19)24(29)28-12-4-9-21(28)23-27-20-14-16(10-11-22(20)30-23)15-5-3-6-17(26)13-15/h1-3,5-8,10-11,13-14,21H,4,9,12H2/t21-/m1/s1. The van der Waals surface area contributed by atoms with E-state index in [0.717, 1.165) is 24.0 Å². The van der Waals surface area contributed by atoms with E-state index < -0.39 is 0 Å². The fourth-order valence-corrected chi connectivity index (χ4v) is 4.21. The van der Waals surface area contributed by atoms with Crippen molar-refractivity contribution in [2.24, 2.45) is 0 Å². The van der Waals surface area contributed by atoms with Crippen LogP contribution in [0.1, 0.15) is 35.1 Å². The molecular formula is C24H18ClFN2O2. The molecule has 5 rings (SSSR count). The molecule has 1 atom stereocenters. The first kappa shape index (κ1) is 18.8. The minimum absolute atomic E-state index is 0.120. The summed E-state index contributed by atoms with van der Waals surface area (Å²) in [6.07, 6.45) is 1.65. The van der Waals surface area contributed by atoms with Crippen molar-refractivity contribution in [3.05, 3.63) is 89.0 Å². The Morgan fingerprint density at radius 3 is 2.73 bits per heavy atom. The van der Waals surface area contributed by atoms with Gasteiger partial charge in [0.1, 0.15) is 17.4 Å². The van der Waals surface area contributed by atoms with Crippen LogP contribution in [0.15, 0.2) is 71.1 Å². The minimum atomic E-state index is -0.284. The Labute approximate surface area is 177 Å². The van der Waals surface area contributed by atoms with Crippen LogP contribution < -0.4 is 0 Å². The molecule has 0 spiro atoms. The normalized spacial score (nSPS) is 16.3. The van der Waals surface area contributed by atoms with Crippen molar-refractivity contribution in [3.8, 4) is 11.1 Å². The van der Waals surface area contributed by atoms with Crippen LogP contribution in [0.25, 0.3) is 22.2 Å². The Morgan fingerprint density at radius 1 is 1.07 bits per heavy atom. The quantitative estimate of drug-likeness (QED) is 0.392. The first-order chi connectivity index (χ1) is 14.6. The Balaban J connectivity index is 1.48. The highest BCUT2D eigenvalue weighted by atomic mass is 35.5. The summed E-state index contributed by atoms with van der Waals surface area (Å²) in [5.41, 5.74) is 3.44. The largest absolute Gasteiger partial charge is 0.438 e. The molecule has 2 heterocycles. The van der Waals surface area contributed by atoms with Crippen molar-refractivity contribution in [3.63, 3.8) is 0 Å². The fraction of sp³-hybridized carbons (Fsp3) is 0.167. The van der Waals surface area contributed by atoms with Crippen LogP contribution in [0.3, 0.4) is 0 Å². The van der Waals surface area contributed by atoms with Crippen molar-refractivity contribution in [2.75, 3.05) is 6.54 Å². The maximum Gasteiger partial charge on any atom is 0.256 e. The van der Waals surface area contributed by atoms with Gasteiger partial charge < -0.3 is 9.32 Å². The molecule has 0 aliphatic carbocycles. The third-order valence-electron chi connectivity index (χ3n) is 5.47. The monoisotopic (exact) mass is 420 g/mol. The van der Waals surface area contributed by atoms with Gasteiger partial charge in [0.25, 0.3) is 5.91 Å². The molecular weight excluding hydrogens is 403 g/mol. The van der Waals surface area contributed by atoms with Gasteiger partial charge in [-0.25, -0.2) is 9.37 Å². The molecule has 6 heteroatoms. The molecule has 1 amide bonds. The van der Waals surface area contributed by atoms with Crippen molar-refractivity contribution in [2.45, 2.75) is 18.9 Å². The highest BCUT2D eigenvalue weighted by Crippen LogP contribution is 2.36. The van der Waals surface area contributed by atoms with Gasteiger partial charge in [0.15, 0.2) is 5.58 Å². The van der Waals surface area contributed by atoms with E-state index >= 15 is 0 Å². The molecule has 0 N–H and O–H groups in total. The molecule has 4 nitrogen and oxygen atoms in total. The molecule has 1 fully saturated rings. The molecule has 3 aromatic carbocycles. The number of halogens is 2. The second-order valence-corrected chi connectivity index (χ2v) is 7.79. The van der Waals surface area contributed by atoms with Crippen molar-refractivity contribution in [1.29, 1.82) is 0 Å². The van der Waals surface area contributed by atoms with Crippen molar-refractivity contribution < 1.29 is 13.6 Å².